The van der Waals surface area contributed by atoms with Crippen LogP contribution in [0, 0.1) is 0 Å². The van der Waals surface area contributed by atoms with Gasteiger partial charge in [0.05, 0.1) is 0 Å². The Kier molecular flexibility index (Phi) is 4.15. The summed E-state index contributed by atoms with van der Waals surface area (Å²) in [5, 5.41) is 13.1. The molecular weight excluding hydrogens is 254 g/mol. The number of aliphatic hydroxyl groups is 1. The lowest BCUT2D eigenvalue weighted by atomic mass is 9.99. The van der Waals surface area contributed by atoms with Crippen molar-refractivity contribution in [1.82, 2.24) is 0 Å². The number of ketones is 1. The van der Waals surface area contributed by atoms with E-state index < -0.39 is 5.72 Å². The van der Waals surface area contributed by atoms with Gasteiger partial charge in [-0.25, -0.2) is 0 Å². The second-order valence-corrected chi connectivity index (χ2v) is 4.37. The van der Waals surface area contributed by atoms with E-state index in [1.165, 1.54) is 12.2 Å². The minimum absolute atomic E-state index is 0.0872. The predicted molar refractivity (Wildman–Crippen MR) is 75.8 cm³/mol. The summed E-state index contributed by atoms with van der Waals surface area (Å²) in [5.74, 6) is -0.0872. The first-order chi connectivity index (χ1) is 9.63. The van der Waals surface area contributed by atoms with Crippen LogP contribution in [0.25, 0.3) is 10.4 Å². The highest BCUT2D eigenvalue weighted by Crippen LogP contribution is 2.23. The molecule has 0 amide bonds. The van der Waals surface area contributed by atoms with Crippen LogP contribution in [0.15, 0.2) is 71.4 Å². The molecule has 1 N–H and O–H groups in total. The maximum Gasteiger partial charge on any atom is 0.185 e. The Hall–Kier alpha value is -2.62. The third-order valence-corrected chi connectivity index (χ3v) is 2.88. The zero-order valence-electron chi connectivity index (χ0n) is 10.7. The molecule has 0 bridgehead atoms. The van der Waals surface area contributed by atoms with Crippen molar-refractivity contribution >= 4 is 5.78 Å². The number of benzene rings is 1. The van der Waals surface area contributed by atoms with Crippen molar-refractivity contribution in [2.24, 2.45) is 5.11 Å². The van der Waals surface area contributed by atoms with Crippen molar-refractivity contribution in [2.75, 3.05) is 0 Å². The van der Waals surface area contributed by atoms with Crippen LogP contribution >= 0.6 is 0 Å². The number of nitrogens with zero attached hydrogens (tertiary/aromatic N) is 3. The summed E-state index contributed by atoms with van der Waals surface area (Å²) in [6.45, 7) is 0. The quantitative estimate of drug-likeness (QED) is 0.298. The van der Waals surface area contributed by atoms with Gasteiger partial charge in [-0.05, 0) is 23.3 Å². The lowest BCUT2D eigenvalue weighted by Crippen LogP contribution is -2.22. The maximum absolute atomic E-state index is 11.9. The molecule has 100 valence electrons. The molecule has 0 radical (unpaired) electrons. The summed E-state index contributed by atoms with van der Waals surface area (Å²) in [6.07, 6.45) is 8.08. The predicted octanol–water partition coefficient (Wildman–Crippen LogP) is 3.31. The monoisotopic (exact) mass is 267 g/mol. The fraction of sp³-hybridized carbons (Fsp3) is 0.133. The molecule has 1 unspecified atom stereocenters. The molecule has 1 atom stereocenters. The van der Waals surface area contributed by atoms with Crippen LogP contribution in [0.2, 0.25) is 0 Å². The van der Waals surface area contributed by atoms with Gasteiger partial charge in [0.25, 0.3) is 0 Å². The summed E-state index contributed by atoms with van der Waals surface area (Å²) in [5.41, 5.74) is 8.24. The molecular formula is C15H13N3O2. The minimum atomic E-state index is -1.50. The van der Waals surface area contributed by atoms with E-state index in [0.29, 0.717) is 5.56 Å². The Morgan fingerprint density at radius 3 is 2.75 bits per heavy atom. The topological polar surface area (TPSA) is 86.1 Å². The van der Waals surface area contributed by atoms with Crippen molar-refractivity contribution in [2.45, 2.75) is 12.1 Å². The molecule has 0 saturated carbocycles. The van der Waals surface area contributed by atoms with Crippen molar-refractivity contribution in [1.29, 1.82) is 0 Å². The van der Waals surface area contributed by atoms with Gasteiger partial charge in [-0.3, -0.25) is 4.79 Å². The van der Waals surface area contributed by atoms with Gasteiger partial charge < -0.3 is 5.11 Å². The summed E-state index contributed by atoms with van der Waals surface area (Å²) in [7, 11) is 0. The molecule has 1 aromatic rings. The number of rotatable bonds is 4. The molecule has 1 aliphatic rings. The van der Waals surface area contributed by atoms with Gasteiger partial charge in [0, 0.05) is 16.9 Å². The summed E-state index contributed by atoms with van der Waals surface area (Å²) in [6, 6.07) is 8.96. The zero-order valence-corrected chi connectivity index (χ0v) is 10.7. The van der Waals surface area contributed by atoms with E-state index in [2.05, 4.69) is 10.0 Å². The molecule has 0 fully saturated rings. The molecule has 0 aromatic heterocycles. The highest BCUT2D eigenvalue weighted by Gasteiger charge is 2.22. The van der Waals surface area contributed by atoms with E-state index in [-0.39, 0.29) is 12.2 Å². The van der Waals surface area contributed by atoms with Crippen molar-refractivity contribution < 1.29 is 9.90 Å². The van der Waals surface area contributed by atoms with Gasteiger partial charge in [-0.2, -0.15) is 0 Å². The lowest BCUT2D eigenvalue weighted by molar-refractivity contribution is 0.101. The fourth-order valence-corrected chi connectivity index (χ4v) is 1.78. The van der Waals surface area contributed by atoms with Crippen LogP contribution in [0.1, 0.15) is 16.8 Å². The molecule has 2 rings (SSSR count). The SMILES string of the molecule is [N-]=[N+]=NC1(O)C=CC(C=CC(=O)c2ccccc2)=CC1. The normalized spacial score (nSPS) is 21.4. The average Bonchev–Trinajstić information content (AvgIpc) is 2.47. The highest BCUT2D eigenvalue weighted by atomic mass is 16.3. The second kappa shape index (κ2) is 6.02. The molecule has 0 aliphatic heterocycles. The first-order valence-electron chi connectivity index (χ1n) is 6.08. The molecule has 5 heteroatoms. The van der Waals surface area contributed by atoms with E-state index in [9.17, 15) is 9.90 Å². The third kappa shape index (κ3) is 3.45. The summed E-state index contributed by atoms with van der Waals surface area (Å²) in [4.78, 5) is 14.5. The van der Waals surface area contributed by atoms with Crippen LogP contribution in [0.4, 0.5) is 0 Å². The highest BCUT2D eigenvalue weighted by molar-refractivity contribution is 6.04. The fourth-order valence-electron chi connectivity index (χ4n) is 1.78. The Labute approximate surface area is 116 Å². The summed E-state index contributed by atoms with van der Waals surface area (Å²) < 4.78 is 0. The van der Waals surface area contributed by atoms with Gasteiger partial charge in [0.1, 0.15) is 0 Å². The van der Waals surface area contributed by atoms with Gasteiger partial charge in [-0.1, -0.05) is 53.7 Å². The Balaban J connectivity index is 2.04. The Bertz CT molecular complexity index is 640. The first kappa shape index (κ1) is 13.8. The van der Waals surface area contributed by atoms with Crippen LogP contribution < -0.4 is 0 Å². The smallest absolute Gasteiger partial charge is 0.185 e. The maximum atomic E-state index is 11.9. The number of carbonyl (C=O) groups is 1. The minimum Gasteiger partial charge on any atom is -0.379 e. The number of hydrogen-bond donors (Lipinski definition) is 1. The zero-order chi connectivity index (χ0) is 14.4. The van der Waals surface area contributed by atoms with Crippen molar-refractivity contribution in [3.8, 4) is 0 Å². The van der Waals surface area contributed by atoms with Gasteiger partial charge in [-0.15, -0.1) is 0 Å². The molecule has 0 spiro atoms. The Morgan fingerprint density at radius 2 is 2.15 bits per heavy atom. The lowest BCUT2D eigenvalue weighted by Gasteiger charge is -2.19. The van der Waals surface area contributed by atoms with E-state index >= 15 is 0 Å². The van der Waals surface area contributed by atoms with E-state index in [0.717, 1.165) is 5.57 Å². The van der Waals surface area contributed by atoms with Crippen LogP contribution in [-0.4, -0.2) is 16.6 Å². The van der Waals surface area contributed by atoms with Crippen LogP contribution in [-0.2, 0) is 0 Å². The van der Waals surface area contributed by atoms with Crippen LogP contribution in [0.5, 0.6) is 0 Å². The largest absolute Gasteiger partial charge is 0.379 e. The van der Waals surface area contributed by atoms with Crippen LogP contribution in [0.3, 0.4) is 0 Å². The summed E-state index contributed by atoms with van der Waals surface area (Å²) >= 11 is 0. The van der Waals surface area contributed by atoms with E-state index in [4.69, 9.17) is 5.53 Å². The molecule has 1 aliphatic carbocycles. The van der Waals surface area contributed by atoms with Gasteiger partial charge >= 0.3 is 0 Å². The molecule has 20 heavy (non-hydrogen) atoms. The molecule has 0 heterocycles. The van der Waals surface area contributed by atoms with Crippen molar-refractivity contribution in [3.05, 3.63) is 82.3 Å². The number of azide groups is 1. The standard InChI is InChI=1S/C15H13N3O2/c16-18-17-15(20)10-8-12(9-11-15)6-7-14(19)13-4-2-1-3-5-13/h1-10,20H,11H2. The number of carbonyl (C=O) groups excluding carboxylic acids is 1. The van der Waals surface area contributed by atoms with Gasteiger partial charge in [0.15, 0.2) is 11.5 Å². The number of hydrogen-bond acceptors (Lipinski definition) is 3. The number of allylic oxidation sites excluding steroid dienone is 4. The molecule has 5 nitrogen and oxygen atoms in total. The molecule has 0 saturated heterocycles. The Morgan fingerprint density at radius 1 is 1.40 bits per heavy atom. The van der Waals surface area contributed by atoms with Crippen molar-refractivity contribution in [3.63, 3.8) is 0 Å². The third-order valence-electron chi connectivity index (χ3n) is 2.88. The average molecular weight is 267 g/mol. The van der Waals surface area contributed by atoms with Gasteiger partial charge in [0.2, 0.25) is 0 Å². The second-order valence-electron chi connectivity index (χ2n) is 4.37. The first-order valence-corrected chi connectivity index (χ1v) is 6.08. The molecule has 1 aromatic carbocycles. The van der Waals surface area contributed by atoms with E-state index in [1.807, 2.05) is 6.07 Å². The van der Waals surface area contributed by atoms with E-state index in [1.54, 1.807) is 42.5 Å².